The Morgan fingerprint density at radius 2 is 2.07 bits per heavy atom. The van der Waals surface area contributed by atoms with E-state index in [1.807, 2.05) is 0 Å². The van der Waals surface area contributed by atoms with Crippen LogP contribution in [0, 0.1) is 11.8 Å². The van der Waals surface area contributed by atoms with Gasteiger partial charge >= 0.3 is 0 Å². The van der Waals surface area contributed by atoms with Crippen molar-refractivity contribution in [2.24, 2.45) is 11.8 Å². The van der Waals surface area contributed by atoms with E-state index in [0.29, 0.717) is 0 Å². The quantitative estimate of drug-likeness (QED) is 0.722. The van der Waals surface area contributed by atoms with Crippen LogP contribution in [0.25, 0.3) is 0 Å². The highest BCUT2D eigenvalue weighted by Gasteiger charge is 2.35. The number of likely N-dealkylation sites (tertiary alicyclic amines) is 1. The molecule has 1 saturated carbocycles. The minimum atomic E-state index is 0.813. The van der Waals surface area contributed by atoms with Gasteiger partial charge in [0, 0.05) is 12.6 Å². The third kappa shape index (κ3) is 2.71. The molecule has 2 rings (SSSR count). The lowest BCUT2D eigenvalue weighted by Gasteiger charge is -2.39. The van der Waals surface area contributed by atoms with Crippen LogP contribution in [-0.2, 0) is 0 Å². The van der Waals surface area contributed by atoms with Crippen molar-refractivity contribution < 1.29 is 0 Å². The summed E-state index contributed by atoms with van der Waals surface area (Å²) in [5.41, 5.74) is 0. The van der Waals surface area contributed by atoms with Gasteiger partial charge in [0.25, 0.3) is 0 Å². The van der Waals surface area contributed by atoms with Crippen molar-refractivity contribution in [3.63, 3.8) is 0 Å². The molecule has 2 fully saturated rings. The summed E-state index contributed by atoms with van der Waals surface area (Å²) in [6.07, 6.45) is 8.66. The molecule has 0 aromatic heterocycles. The van der Waals surface area contributed by atoms with Gasteiger partial charge in [0.05, 0.1) is 0 Å². The first-order valence-electron chi connectivity index (χ1n) is 6.70. The van der Waals surface area contributed by atoms with Crippen molar-refractivity contribution in [2.75, 3.05) is 18.8 Å². The minimum Gasteiger partial charge on any atom is -0.300 e. The maximum atomic E-state index is 4.47. The zero-order valence-electron chi connectivity index (χ0n) is 9.99. The molecule has 3 unspecified atom stereocenters. The van der Waals surface area contributed by atoms with E-state index in [-0.39, 0.29) is 0 Å². The summed E-state index contributed by atoms with van der Waals surface area (Å²) in [4.78, 5) is 2.78. The third-order valence-corrected chi connectivity index (χ3v) is 4.95. The molecule has 0 aromatic rings. The lowest BCUT2D eigenvalue weighted by Crippen LogP contribution is -2.45. The van der Waals surface area contributed by atoms with Crippen LogP contribution in [0.1, 0.15) is 45.4 Å². The third-order valence-electron chi connectivity index (χ3n) is 4.44. The monoisotopic (exact) mass is 227 g/mol. The average Bonchev–Trinajstić information content (AvgIpc) is 2.74. The Balaban J connectivity index is 1.89. The van der Waals surface area contributed by atoms with Gasteiger partial charge in [-0.05, 0) is 49.8 Å². The predicted octanol–water partition coefficient (Wildman–Crippen LogP) is 3.21. The summed E-state index contributed by atoms with van der Waals surface area (Å²) in [6.45, 7) is 4.96. The standard InChI is InChI=1S/C13H25NS/c1-2-11(10-15)9-14-8-4-6-12-5-3-7-13(12)14/h11-13,15H,2-10H2,1H3. The van der Waals surface area contributed by atoms with Gasteiger partial charge in [-0.1, -0.05) is 19.8 Å². The highest BCUT2D eigenvalue weighted by Crippen LogP contribution is 2.37. The largest absolute Gasteiger partial charge is 0.300 e. The Morgan fingerprint density at radius 1 is 1.27 bits per heavy atom. The van der Waals surface area contributed by atoms with Crippen LogP contribution in [-0.4, -0.2) is 29.8 Å². The van der Waals surface area contributed by atoms with Crippen LogP contribution in [0.5, 0.6) is 0 Å². The fourth-order valence-corrected chi connectivity index (χ4v) is 3.81. The number of hydrogen-bond donors (Lipinski definition) is 1. The molecule has 0 spiro atoms. The van der Waals surface area contributed by atoms with E-state index < -0.39 is 0 Å². The number of fused-ring (bicyclic) bond motifs is 1. The number of rotatable bonds is 4. The van der Waals surface area contributed by atoms with Crippen LogP contribution >= 0.6 is 12.6 Å². The van der Waals surface area contributed by atoms with E-state index in [9.17, 15) is 0 Å². The summed E-state index contributed by atoms with van der Waals surface area (Å²) >= 11 is 4.47. The molecule has 1 saturated heterocycles. The number of hydrogen-bond acceptors (Lipinski definition) is 2. The van der Waals surface area contributed by atoms with E-state index in [0.717, 1.165) is 23.6 Å². The van der Waals surface area contributed by atoms with Crippen LogP contribution in [0.2, 0.25) is 0 Å². The first kappa shape index (κ1) is 11.8. The van der Waals surface area contributed by atoms with E-state index in [1.54, 1.807) is 0 Å². The Bertz CT molecular complexity index is 191. The van der Waals surface area contributed by atoms with Gasteiger partial charge in [0.2, 0.25) is 0 Å². The van der Waals surface area contributed by atoms with Crippen molar-refractivity contribution in [3.8, 4) is 0 Å². The zero-order chi connectivity index (χ0) is 10.7. The summed E-state index contributed by atoms with van der Waals surface area (Å²) in [6, 6.07) is 0.938. The molecule has 88 valence electrons. The highest BCUT2D eigenvalue weighted by molar-refractivity contribution is 7.80. The van der Waals surface area contributed by atoms with Gasteiger partial charge < -0.3 is 0 Å². The average molecular weight is 227 g/mol. The number of nitrogens with zero attached hydrogens (tertiary/aromatic N) is 1. The molecule has 0 amide bonds. The SMILES string of the molecule is CCC(CS)CN1CCCC2CCCC21. The lowest BCUT2D eigenvalue weighted by atomic mass is 9.91. The Kier molecular flexibility index (Phi) is 4.39. The minimum absolute atomic E-state index is 0.813. The van der Waals surface area contributed by atoms with E-state index in [1.165, 1.54) is 51.6 Å². The van der Waals surface area contributed by atoms with Crippen molar-refractivity contribution in [1.82, 2.24) is 4.90 Å². The van der Waals surface area contributed by atoms with Crippen LogP contribution in [0.3, 0.4) is 0 Å². The summed E-state index contributed by atoms with van der Waals surface area (Å²) < 4.78 is 0. The Labute approximate surface area is 100 Å². The van der Waals surface area contributed by atoms with Crippen molar-refractivity contribution in [1.29, 1.82) is 0 Å². The fourth-order valence-electron chi connectivity index (χ4n) is 3.43. The van der Waals surface area contributed by atoms with Gasteiger partial charge in [-0.15, -0.1) is 0 Å². The van der Waals surface area contributed by atoms with Crippen LogP contribution in [0.4, 0.5) is 0 Å². The second-order valence-electron chi connectivity index (χ2n) is 5.35. The molecule has 1 aliphatic heterocycles. The van der Waals surface area contributed by atoms with Gasteiger partial charge in [-0.25, -0.2) is 0 Å². The first-order chi connectivity index (χ1) is 7.35. The molecule has 15 heavy (non-hydrogen) atoms. The normalized spacial score (nSPS) is 34.0. The molecule has 1 aliphatic carbocycles. The van der Waals surface area contributed by atoms with Crippen LogP contribution in [0.15, 0.2) is 0 Å². The molecule has 0 bridgehead atoms. The van der Waals surface area contributed by atoms with Crippen molar-refractivity contribution in [2.45, 2.75) is 51.5 Å². The molecule has 2 heteroatoms. The van der Waals surface area contributed by atoms with Gasteiger partial charge in [0.15, 0.2) is 0 Å². The van der Waals surface area contributed by atoms with Crippen molar-refractivity contribution >= 4 is 12.6 Å². The van der Waals surface area contributed by atoms with E-state index >= 15 is 0 Å². The molecular formula is C13H25NS. The van der Waals surface area contributed by atoms with E-state index in [4.69, 9.17) is 0 Å². The number of piperidine rings is 1. The molecule has 0 N–H and O–H groups in total. The zero-order valence-corrected chi connectivity index (χ0v) is 10.9. The molecule has 0 aromatic carbocycles. The predicted molar refractivity (Wildman–Crippen MR) is 69.6 cm³/mol. The Hall–Kier alpha value is 0.310. The van der Waals surface area contributed by atoms with Gasteiger partial charge in [0.1, 0.15) is 0 Å². The van der Waals surface area contributed by atoms with Crippen molar-refractivity contribution in [3.05, 3.63) is 0 Å². The van der Waals surface area contributed by atoms with Crippen LogP contribution < -0.4 is 0 Å². The first-order valence-corrected chi connectivity index (χ1v) is 7.33. The highest BCUT2D eigenvalue weighted by atomic mass is 32.1. The molecular weight excluding hydrogens is 202 g/mol. The molecule has 3 atom stereocenters. The fraction of sp³-hybridized carbons (Fsp3) is 1.00. The molecule has 2 aliphatic rings. The second kappa shape index (κ2) is 5.58. The molecule has 1 heterocycles. The lowest BCUT2D eigenvalue weighted by molar-refractivity contribution is 0.0975. The maximum Gasteiger partial charge on any atom is 0.0124 e. The molecule has 1 nitrogen and oxygen atoms in total. The Morgan fingerprint density at radius 3 is 2.80 bits per heavy atom. The van der Waals surface area contributed by atoms with Gasteiger partial charge in [-0.2, -0.15) is 12.6 Å². The van der Waals surface area contributed by atoms with Gasteiger partial charge in [-0.3, -0.25) is 4.90 Å². The van der Waals surface area contributed by atoms with E-state index in [2.05, 4.69) is 24.5 Å². The summed E-state index contributed by atoms with van der Waals surface area (Å²) in [7, 11) is 0. The summed E-state index contributed by atoms with van der Waals surface area (Å²) in [5.74, 6) is 2.91. The molecule has 0 radical (unpaired) electrons. The maximum absolute atomic E-state index is 4.47. The smallest absolute Gasteiger partial charge is 0.0124 e. The number of thiol groups is 1. The topological polar surface area (TPSA) is 3.24 Å². The second-order valence-corrected chi connectivity index (χ2v) is 5.72. The summed E-state index contributed by atoms with van der Waals surface area (Å²) in [5, 5.41) is 0.